The van der Waals surface area contributed by atoms with Crippen LogP contribution in [0.3, 0.4) is 0 Å². The van der Waals surface area contributed by atoms with Gasteiger partial charge in [-0.05, 0) is 17.5 Å². The summed E-state index contributed by atoms with van der Waals surface area (Å²) >= 11 is 0. The summed E-state index contributed by atoms with van der Waals surface area (Å²) < 4.78 is 5.29. The van der Waals surface area contributed by atoms with Gasteiger partial charge in [0.2, 0.25) is 0 Å². The Balaban J connectivity index is 2.29. The summed E-state index contributed by atoms with van der Waals surface area (Å²) in [4.78, 5) is 11.1. The number of hydrogen-bond acceptors (Lipinski definition) is 2. The van der Waals surface area contributed by atoms with Crippen molar-refractivity contribution in [2.45, 2.75) is 25.9 Å². The van der Waals surface area contributed by atoms with Crippen molar-refractivity contribution in [2.24, 2.45) is 0 Å². The van der Waals surface area contributed by atoms with Crippen molar-refractivity contribution >= 4 is 5.97 Å². The van der Waals surface area contributed by atoms with Crippen LogP contribution in [0.5, 0.6) is 0 Å². The molecule has 0 radical (unpaired) electrons. The highest BCUT2D eigenvalue weighted by Gasteiger charge is 2.19. The van der Waals surface area contributed by atoms with Crippen LogP contribution in [-0.4, -0.2) is 5.97 Å². The Morgan fingerprint density at radius 2 is 2.20 bits per heavy atom. The molecule has 2 nitrogen and oxygen atoms in total. The summed E-state index contributed by atoms with van der Waals surface area (Å²) in [6, 6.07) is 8.13. The van der Waals surface area contributed by atoms with Gasteiger partial charge in [0.05, 0.1) is 0 Å². The van der Waals surface area contributed by atoms with Crippen molar-refractivity contribution < 1.29 is 9.53 Å². The van der Waals surface area contributed by atoms with E-state index in [1.165, 1.54) is 11.6 Å². The van der Waals surface area contributed by atoms with Gasteiger partial charge in [-0.3, -0.25) is 0 Å². The second kappa shape index (κ2) is 4.30. The van der Waals surface area contributed by atoms with Crippen molar-refractivity contribution in [1.29, 1.82) is 0 Å². The molecule has 0 amide bonds. The molecule has 1 atom stereocenters. The van der Waals surface area contributed by atoms with E-state index in [4.69, 9.17) is 4.74 Å². The van der Waals surface area contributed by atoms with Crippen LogP contribution in [0.15, 0.2) is 36.4 Å². The molecule has 0 N–H and O–H groups in total. The lowest BCUT2D eigenvalue weighted by Gasteiger charge is -2.21. The van der Waals surface area contributed by atoms with E-state index in [0.717, 1.165) is 18.4 Å². The first-order valence-electron chi connectivity index (χ1n) is 5.26. The number of carbonyl (C=O) groups excluding carboxylic acids is 1. The normalized spacial score (nSPS) is 20.1. The number of esters is 1. The predicted octanol–water partition coefficient (Wildman–Crippen LogP) is 2.79. The molecule has 1 aromatic rings. The Hall–Kier alpha value is -1.57. The molecule has 1 aliphatic rings. The fourth-order valence-electron chi connectivity index (χ4n) is 1.88. The molecule has 0 bridgehead atoms. The lowest BCUT2D eigenvalue weighted by Crippen LogP contribution is -2.14. The predicted molar refractivity (Wildman–Crippen MR) is 58.4 cm³/mol. The topological polar surface area (TPSA) is 26.3 Å². The van der Waals surface area contributed by atoms with E-state index in [9.17, 15) is 4.79 Å². The van der Waals surface area contributed by atoms with Crippen molar-refractivity contribution in [3.8, 4) is 0 Å². The molecule has 0 saturated heterocycles. The molecule has 0 fully saturated rings. The van der Waals surface area contributed by atoms with Gasteiger partial charge in [0, 0.05) is 12.5 Å². The smallest absolute Gasteiger partial charge is 0.331 e. The van der Waals surface area contributed by atoms with Crippen molar-refractivity contribution in [1.82, 2.24) is 0 Å². The molecule has 78 valence electrons. The molecular weight excluding hydrogens is 188 g/mol. The minimum atomic E-state index is -0.239. The Labute approximate surface area is 89.6 Å². The molecule has 0 spiro atoms. The minimum Gasteiger partial charge on any atom is -0.454 e. The molecule has 1 unspecified atom stereocenters. The van der Waals surface area contributed by atoms with Gasteiger partial charge >= 0.3 is 5.97 Å². The average Bonchev–Trinajstić information content (AvgIpc) is 2.29. The van der Waals surface area contributed by atoms with Crippen LogP contribution in [0.4, 0.5) is 0 Å². The van der Waals surface area contributed by atoms with Gasteiger partial charge in [-0.25, -0.2) is 4.79 Å². The Kier molecular flexibility index (Phi) is 2.86. The first kappa shape index (κ1) is 9.97. The summed E-state index contributed by atoms with van der Waals surface area (Å²) in [5.74, 6) is -0.239. The Bertz CT molecular complexity index is 393. The third-order valence-electron chi connectivity index (χ3n) is 2.65. The lowest BCUT2D eigenvalue weighted by atomic mass is 9.97. The van der Waals surface area contributed by atoms with E-state index in [1.807, 2.05) is 24.3 Å². The number of cyclic esters (lactones) is 1. The Morgan fingerprint density at radius 3 is 2.93 bits per heavy atom. The summed E-state index contributed by atoms with van der Waals surface area (Å²) in [6.45, 7) is 2.11. The van der Waals surface area contributed by atoms with Gasteiger partial charge in [0.15, 0.2) is 0 Å². The van der Waals surface area contributed by atoms with Gasteiger partial charge in [0.1, 0.15) is 6.10 Å². The largest absolute Gasteiger partial charge is 0.454 e. The monoisotopic (exact) mass is 202 g/mol. The molecule has 15 heavy (non-hydrogen) atoms. The fraction of sp³-hybridized carbons (Fsp3) is 0.308. The average molecular weight is 202 g/mol. The number of hydrogen-bond donors (Lipinski definition) is 0. The van der Waals surface area contributed by atoms with Crippen molar-refractivity contribution in [3.05, 3.63) is 47.5 Å². The lowest BCUT2D eigenvalue weighted by molar-refractivity contribution is -0.144. The molecule has 1 heterocycles. The second-order valence-electron chi connectivity index (χ2n) is 3.62. The van der Waals surface area contributed by atoms with Crippen LogP contribution < -0.4 is 0 Å². The van der Waals surface area contributed by atoms with Gasteiger partial charge in [0.25, 0.3) is 0 Å². The summed E-state index contributed by atoms with van der Waals surface area (Å²) in [6.07, 6.45) is 5.02. The maximum Gasteiger partial charge on any atom is 0.331 e. The second-order valence-corrected chi connectivity index (χ2v) is 3.62. The van der Waals surface area contributed by atoms with Crippen LogP contribution in [0.1, 0.15) is 30.6 Å². The van der Waals surface area contributed by atoms with Crippen LogP contribution >= 0.6 is 0 Å². The molecule has 2 heteroatoms. The van der Waals surface area contributed by atoms with Crippen LogP contribution in [-0.2, 0) is 16.0 Å². The quantitative estimate of drug-likeness (QED) is 0.689. The Morgan fingerprint density at radius 1 is 1.40 bits per heavy atom. The summed E-state index contributed by atoms with van der Waals surface area (Å²) in [7, 11) is 0. The molecule has 1 aromatic carbocycles. The zero-order valence-corrected chi connectivity index (χ0v) is 8.77. The third-order valence-corrected chi connectivity index (χ3v) is 2.65. The summed E-state index contributed by atoms with van der Waals surface area (Å²) in [5.41, 5.74) is 2.39. The molecular formula is C13H14O2. The molecule has 1 aliphatic heterocycles. The zero-order chi connectivity index (χ0) is 10.7. The number of aryl methyl sites for hydroxylation is 1. The first-order chi connectivity index (χ1) is 7.31. The molecule has 0 saturated carbocycles. The highest BCUT2D eigenvalue weighted by Crippen LogP contribution is 2.27. The first-order valence-corrected chi connectivity index (χ1v) is 5.26. The summed E-state index contributed by atoms with van der Waals surface area (Å²) in [5, 5.41) is 0. The molecule has 2 rings (SSSR count). The van der Waals surface area contributed by atoms with Crippen LogP contribution in [0.2, 0.25) is 0 Å². The van der Waals surface area contributed by atoms with E-state index in [2.05, 4.69) is 13.0 Å². The molecule has 0 aromatic heterocycles. The zero-order valence-electron chi connectivity index (χ0n) is 8.77. The molecule has 0 aliphatic carbocycles. The van der Waals surface area contributed by atoms with Crippen LogP contribution in [0, 0.1) is 0 Å². The number of ether oxygens (including phenoxy) is 1. The SMILES string of the molecule is CCc1ccccc1C1CC=CC(=O)O1. The van der Waals surface area contributed by atoms with E-state index in [1.54, 1.807) is 0 Å². The number of benzene rings is 1. The maximum atomic E-state index is 11.1. The van der Waals surface area contributed by atoms with Crippen molar-refractivity contribution in [2.75, 3.05) is 0 Å². The van der Waals surface area contributed by atoms with E-state index in [-0.39, 0.29) is 12.1 Å². The standard InChI is InChI=1S/C13H14O2/c1-2-10-6-3-4-7-11(10)12-8-5-9-13(14)15-12/h3-7,9,12H,2,8H2,1H3. The number of rotatable bonds is 2. The maximum absolute atomic E-state index is 11.1. The van der Waals surface area contributed by atoms with Gasteiger partial charge in [-0.15, -0.1) is 0 Å². The van der Waals surface area contributed by atoms with Crippen LogP contribution in [0.25, 0.3) is 0 Å². The minimum absolute atomic E-state index is 0.0985. The van der Waals surface area contributed by atoms with Gasteiger partial charge < -0.3 is 4.74 Å². The van der Waals surface area contributed by atoms with E-state index >= 15 is 0 Å². The highest BCUT2D eigenvalue weighted by molar-refractivity contribution is 5.82. The fourth-order valence-corrected chi connectivity index (χ4v) is 1.88. The van der Waals surface area contributed by atoms with E-state index < -0.39 is 0 Å². The highest BCUT2D eigenvalue weighted by atomic mass is 16.5. The van der Waals surface area contributed by atoms with Crippen molar-refractivity contribution in [3.63, 3.8) is 0 Å². The van der Waals surface area contributed by atoms with E-state index in [0.29, 0.717) is 0 Å². The van der Waals surface area contributed by atoms with Gasteiger partial charge in [-0.1, -0.05) is 37.3 Å². The third kappa shape index (κ3) is 2.09. The van der Waals surface area contributed by atoms with Gasteiger partial charge in [-0.2, -0.15) is 0 Å². The number of carbonyl (C=O) groups is 1.